The van der Waals surface area contributed by atoms with Gasteiger partial charge in [0.2, 0.25) is 11.8 Å². The van der Waals surface area contributed by atoms with E-state index in [4.69, 9.17) is 12.2 Å². The van der Waals surface area contributed by atoms with Crippen molar-refractivity contribution in [3.63, 3.8) is 0 Å². The monoisotopic (exact) mass is 437 g/mol. The van der Waals surface area contributed by atoms with Gasteiger partial charge in [-0.2, -0.15) is 5.10 Å². The van der Waals surface area contributed by atoms with Crippen molar-refractivity contribution in [3.8, 4) is 11.4 Å². The van der Waals surface area contributed by atoms with Crippen LogP contribution < -0.4 is 5.32 Å². The SMILES string of the molecule is Cc1cccc(-c2n[nH]c(=S)n2CCC(=O)N(C)CC(=O)Nc2c(C)cccc2C)c1. The number of nitrogens with zero attached hydrogens (tertiary/aromatic N) is 3. The number of likely N-dealkylation sites (N-methyl/N-ethyl adjacent to an activating group) is 1. The third-order valence-corrected chi connectivity index (χ3v) is 5.45. The van der Waals surface area contributed by atoms with Gasteiger partial charge in [0.15, 0.2) is 10.6 Å². The molecule has 1 heterocycles. The molecule has 0 unspecified atom stereocenters. The second-order valence-electron chi connectivity index (χ2n) is 7.69. The minimum Gasteiger partial charge on any atom is -0.336 e. The van der Waals surface area contributed by atoms with Crippen LogP contribution in [0.2, 0.25) is 0 Å². The predicted octanol–water partition coefficient (Wildman–Crippen LogP) is 4.02. The summed E-state index contributed by atoms with van der Waals surface area (Å²) in [5.74, 6) is 0.320. The molecule has 0 radical (unpaired) electrons. The normalized spacial score (nSPS) is 10.7. The van der Waals surface area contributed by atoms with Gasteiger partial charge in [0, 0.05) is 31.3 Å². The van der Waals surface area contributed by atoms with Crippen LogP contribution in [0.3, 0.4) is 0 Å². The van der Waals surface area contributed by atoms with Crippen molar-refractivity contribution >= 4 is 29.7 Å². The smallest absolute Gasteiger partial charge is 0.243 e. The van der Waals surface area contributed by atoms with E-state index in [1.165, 1.54) is 4.90 Å². The van der Waals surface area contributed by atoms with Gasteiger partial charge in [-0.25, -0.2) is 0 Å². The molecule has 0 aliphatic heterocycles. The molecular weight excluding hydrogens is 410 g/mol. The molecule has 2 aromatic carbocycles. The van der Waals surface area contributed by atoms with Crippen LogP contribution in [0.5, 0.6) is 0 Å². The molecule has 3 aromatic rings. The number of carbonyl (C=O) groups excluding carboxylic acids is 2. The van der Waals surface area contributed by atoms with E-state index in [-0.39, 0.29) is 24.8 Å². The molecule has 2 N–H and O–H groups in total. The summed E-state index contributed by atoms with van der Waals surface area (Å²) in [6.45, 7) is 6.25. The predicted molar refractivity (Wildman–Crippen MR) is 124 cm³/mol. The van der Waals surface area contributed by atoms with Crippen molar-refractivity contribution in [2.45, 2.75) is 33.7 Å². The van der Waals surface area contributed by atoms with Crippen molar-refractivity contribution in [1.29, 1.82) is 0 Å². The molecule has 8 heteroatoms. The van der Waals surface area contributed by atoms with E-state index in [1.54, 1.807) is 7.05 Å². The Labute approximate surface area is 187 Å². The number of nitrogens with one attached hydrogen (secondary N) is 2. The summed E-state index contributed by atoms with van der Waals surface area (Å²) in [5, 5.41) is 10.0. The first-order valence-electron chi connectivity index (χ1n) is 10.1. The van der Waals surface area contributed by atoms with Crippen LogP contribution >= 0.6 is 12.2 Å². The van der Waals surface area contributed by atoms with Crippen molar-refractivity contribution in [1.82, 2.24) is 19.7 Å². The number of benzene rings is 2. The maximum absolute atomic E-state index is 12.6. The topological polar surface area (TPSA) is 83.0 Å². The van der Waals surface area contributed by atoms with Crippen LogP contribution in [0.25, 0.3) is 11.4 Å². The molecule has 0 aliphatic rings. The number of aryl methyl sites for hydroxylation is 3. The van der Waals surface area contributed by atoms with E-state index in [2.05, 4.69) is 15.5 Å². The number of aromatic nitrogens is 3. The Morgan fingerprint density at radius 3 is 2.48 bits per heavy atom. The van der Waals surface area contributed by atoms with Gasteiger partial charge in [-0.3, -0.25) is 19.3 Å². The van der Waals surface area contributed by atoms with Gasteiger partial charge in [-0.15, -0.1) is 0 Å². The quantitative estimate of drug-likeness (QED) is 0.547. The summed E-state index contributed by atoms with van der Waals surface area (Å²) < 4.78 is 2.27. The van der Waals surface area contributed by atoms with Crippen LogP contribution in [-0.2, 0) is 16.1 Å². The van der Waals surface area contributed by atoms with Gasteiger partial charge < -0.3 is 10.2 Å². The minimum absolute atomic E-state index is 0.0197. The number of H-pyrrole nitrogens is 1. The van der Waals surface area contributed by atoms with E-state index in [9.17, 15) is 9.59 Å². The van der Waals surface area contributed by atoms with Gasteiger partial charge in [-0.1, -0.05) is 42.0 Å². The molecule has 0 bridgehead atoms. The van der Waals surface area contributed by atoms with Crippen LogP contribution in [0.15, 0.2) is 42.5 Å². The Bertz CT molecular complexity index is 1140. The number of aromatic amines is 1. The summed E-state index contributed by atoms with van der Waals surface area (Å²) >= 11 is 5.35. The van der Waals surface area contributed by atoms with E-state index in [0.29, 0.717) is 17.1 Å². The lowest BCUT2D eigenvalue weighted by molar-refractivity contribution is -0.133. The average Bonchev–Trinajstić information content (AvgIpc) is 3.09. The fourth-order valence-electron chi connectivity index (χ4n) is 3.42. The summed E-state index contributed by atoms with van der Waals surface area (Å²) in [4.78, 5) is 26.5. The van der Waals surface area contributed by atoms with Gasteiger partial charge in [0.05, 0.1) is 6.54 Å². The summed E-state index contributed by atoms with van der Waals surface area (Å²) in [7, 11) is 1.63. The zero-order valence-electron chi connectivity index (χ0n) is 18.2. The maximum atomic E-state index is 12.6. The first-order valence-corrected chi connectivity index (χ1v) is 10.5. The van der Waals surface area contributed by atoms with Crippen molar-refractivity contribution in [2.75, 3.05) is 18.9 Å². The fraction of sp³-hybridized carbons (Fsp3) is 0.304. The standard InChI is InChI=1S/C23H27N5O2S/c1-15-7-5-10-18(13-15)22-25-26-23(31)28(22)12-11-20(30)27(4)14-19(29)24-21-16(2)8-6-9-17(21)3/h5-10,13H,11-12,14H2,1-4H3,(H,24,29)(H,26,31). The van der Waals surface area contributed by atoms with Crippen molar-refractivity contribution in [2.24, 2.45) is 0 Å². The summed E-state index contributed by atoms with van der Waals surface area (Å²) in [6, 6.07) is 13.8. The molecule has 1 aromatic heterocycles. The third-order valence-electron chi connectivity index (χ3n) is 5.14. The number of rotatable bonds is 7. The van der Waals surface area contributed by atoms with E-state index < -0.39 is 0 Å². The highest BCUT2D eigenvalue weighted by molar-refractivity contribution is 7.71. The number of anilines is 1. The van der Waals surface area contributed by atoms with Crippen LogP contribution in [-0.4, -0.2) is 45.1 Å². The highest BCUT2D eigenvalue weighted by atomic mass is 32.1. The Hall–Kier alpha value is -3.26. The van der Waals surface area contributed by atoms with Crippen LogP contribution in [0.4, 0.5) is 5.69 Å². The highest BCUT2D eigenvalue weighted by Crippen LogP contribution is 2.20. The highest BCUT2D eigenvalue weighted by Gasteiger charge is 2.16. The third kappa shape index (κ3) is 5.46. The lowest BCUT2D eigenvalue weighted by Crippen LogP contribution is -2.35. The van der Waals surface area contributed by atoms with Gasteiger partial charge in [0.1, 0.15) is 0 Å². The summed E-state index contributed by atoms with van der Waals surface area (Å²) in [6.07, 6.45) is 0.208. The molecule has 0 saturated heterocycles. The number of para-hydroxylation sites is 1. The summed E-state index contributed by atoms with van der Waals surface area (Å²) in [5.41, 5.74) is 4.81. The Balaban J connectivity index is 1.62. The van der Waals surface area contributed by atoms with Gasteiger partial charge >= 0.3 is 0 Å². The fourth-order valence-corrected chi connectivity index (χ4v) is 3.65. The molecule has 0 spiro atoms. The zero-order valence-corrected chi connectivity index (χ0v) is 19.0. The van der Waals surface area contributed by atoms with E-state index >= 15 is 0 Å². The number of hydrogen-bond acceptors (Lipinski definition) is 4. The second-order valence-corrected chi connectivity index (χ2v) is 8.07. The van der Waals surface area contributed by atoms with E-state index in [1.807, 2.05) is 67.8 Å². The number of carbonyl (C=O) groups is 2. The molecule has 0 atom stereocenters. The zero-order chi connectivity index (χ0) is 22.5. The maximum Gasteiger partial charge on any atom is 0.243 e. The van der Waals surface area contributed by atoms with Gasteiger partial charge in [0.25, 0.3) is 0 Å². The molecule has 162 valence electrons. The van der Waals surface area contributed by atoms with Crippen LogP contribution in [0, 0.1) is 25.5 Å². The van der Waals surface area contributed by atoms with Crippen molar-refractivity contribution in [3.05, 3.63) is 63.9 Å². The molecule has 0 fully saturated rings. The Morgan fingerprint density at radius 1 is 1.13 bits per heavy atom. The molecule has 31 heavy (non-hydrogen) atoms. The first kappa shape index (κ1) is 22.4. The number of amides is 2. The number of hydrogen-bond donors (Lipinski definition) is 2. The molecular formula is C23H27N5O2S. The largest absolute Gasteiger partial charge is 0.336 e. The molecule has 2 amide bonds. The minimum atomic E-state index is -0.228. The molecule has 3 rings (SSSR count). The Morgan fingerprint density at radius 2 is 1.81 bits per heavy atom. The second kappa shape index (κ2) is 9.70. The average molecular weight is 438 g/mol. The molecule has 0 saturated carbocycles. The molecule has 7 nitrogen and oxygen atoms in total. The van der Waals surface area contributed by atoms with Crippen LogP contribution in [0.1, 0.15) is 23.1 Å². The lowest BCUT2D eigenvalue weighted by Gasteiger charge is -2.18. The van der Waals surface area contributed by atoms with Gasteiger partial charge in [-0.05, 0) is 50.2 Å². The molecule has 0 aliphatic carbocycles. The van der Waals surface area contributed by atoms with E-state index in [0.717, 1.165) is 27.9 Å². The Kier molecular flexibility index (Phi) is 7.02. The van der Waals surface area contributed by atoms with Crippen molar-refractivity contribution < 1.29 is 9.59 Å². The lowest BCUT2D eigenvalue weighted by atomic mass is 10.1. The first-order chi connectivity index (χ1) is 14.8.